The molecule has 4 aromatic rings. The summed E-state index contributed by atoms with van der Waals surface area (Å²) in [6.45, 7) is 1.55. The van der Waals surface area contributed by atoms with Crippen molar-refractivity contribution in [3.63, 3.8) is 0 Å². The molecule has 8 nitrogen and oxygen atoms in total. The van der Waals surface area contributed by atoms with Gasteiger partial charge in [0.15, 0.2) is 6.10 Å². The van der Waals surface area contributed by atoms with Crippen LogP contribution < -0.4 is 15.7 Å². The Morgan fingerprint density at radius 3 is 2.69 bits per heavy atom. The SMILES string of the molecule is C[C@@H](Oc1ccc2c3c(c(=O)oc2c1)CCCC3)C(=O)N[C@@H](Cc1c[nH]c2ccccc12)C(=O)O. The van der Waals surface area contributed by atoms with E-state index in [1.807, 2.05) is 30.3 Å². The van der Waals surface area contributed by atoms with E-state index in [1.54, 1.807) is 25.3 Å². The van der Waals surface area contributed by atoms with Crippen molar-refractivity contribution < 1.29 is 23.8 Å². The maximum Gasteiger partial charge on any atom is 0.339 e. The predicted octanol–water partition coefficient (Wildman–Crippen LogP) is 3.73. The van der Waals surface area contributed by atoms with Crippen LogP contribution in [0, 0.1) is 0 Å². The Kier molecular flexibility index (Phi) is 6.03. The first-order valence-electron chi connectivity index (χ1n) is 11.7. The van der Waals surface area contributed by atoms with Crippen LogP contribution in [0.3, 0.4) is 0 Å². The molecule has 180 valence electrons. The van der Waals surface area contributed by atoms with Gasteiger partial charge in [-0.15, -0.1) is 0 Å². The van der Waals surface area contributed by atoms with E-state index >= 15 is 0 Å². The Bertz CT molecular complexity index is 1480. The molecule has 1 amide bonds. The lowest BCUT2D eigenvalue weighted by Gasteiger charge is -2.19. The number of hydrogen-bond acceptors (Lipinski definition) is 5. The van der Waals surface area contributed by atoms with Gasteiger partial charge in [-0.3, -0.25) is 4.79 Å². The number of aromatic nitrogens is 1. The first-order valence-corrected chi connectivity index (χ1v) is 11.7. The summed E-state index contributed by atoms with van der Waals surface area (Å²) in [5, 5.41) is 14.1. The molecule has 2 aromatic carbocycles. The van der Waals surface area contributed by atoms with E-state index < -0.39 is 24.0 Å². The minimum absolute atomic E-state index is 0.129. The van der Waals surface area contributed by atoms with Gasteiger partial charge in [0.25, 0.3) is 5.91 Å². The number of para-hydroxylation sites is 1. The number of carbonyl (C=O) groups excluding carboxylic acids is 1. The molecule has 0 fully saturated rings. The van der Waals surface area contributed by atoms with Gasteiger partial charge in [0.1, 0.15) is 17.4 Å². The van der Waals surface area contributed by atoms with Crippen LogP contribution in [-0.4, -0.2) is 34.1 Å². The first-order chi connectivity index (χ1) is 16.9. The topological polar surface area (TPSA) is 122 Å². The van der Waals surface area contributed by atoms with Gasteiger partial charge in [-0.05, 0) is 61.9 Å². The number of aryl methyl sites for hydroxylation is 1. The number of fused-ring (bicyclic) bond motifs is 4. The fourth-order valence-corrected chi connectivity index (χ4v) is 4.77. The predicted molar refractivity (Wildman–Crippen MR) is 131 cm³/mol. The number of hydrogen-bond donors (Lipinski definition) is 3. The highest BCUT2D eigenvalue weighted by atomic mass is 16.5. The van der Waals surface area contributed by atoms with Crippen LogP contribution in [-0.2, 0) is 28.9 Å². The Hall–Kier alpha value is -4.07. The number of carboxylic acid groups (broad SMARTS) is 1. The number of rotatable bonds is 7. The van der Waals surface area contributed by atoms with Crippen LogP contribution in [0.2, 0.25) is 0 Å². The third-order valence-corrected chi connectivity index (χ3v) is 6.59. The zero-order valence-electron chi connectivity index (χ0n) is 19.3. The highest BCUT2D eigenvalue weighted by molar-refractivity contribution is 5.88. The molecule has 2 aromatic heterocycles. The minimum Gasteiger partial charge on any atom is -0.481 e. The fraction of sp³-hybridized carbons (Fsp3) is 0.296. The molecule has 0 saturated carbocycles. The van der Waals surface area contributed by atoms with Gasteiger partial charge >= 0.3 is 11.6 Å². The molecule has 1 aliphatic rings. The standard InChI is InChI=1S/C27H26N2O6/c1-15(25(30)29-23(26(31)32)12-16-14-28-22-9-5-4-6-18(16)22)34-17-10-11-20-19-7-2-3-8-21(19)27(33)35-24(20)13-17/h4-6,9-11,13-15,23,28H,2-3,7-8,12H2,1H3,(H,29,30)(H,31,32)/t15-,23+/m1/s1. The zero-order valence-corrected chi connectivity index (χ0v) is 19.3. The van der Waals surface area contributed by atoms with Crippen molar-refractivity contribution in [2.24, 2.45) is 0 Å². The van der Waals surface area contributed by atoms with Crippen LogP contribution in [0.1, 0.15) is 36.5 Å². The number of aromatic amines is 1. The molecule has 3 N–H and O–H groups in total. The van der Waals surface area contributed by atoms with Crippen LogP contribution in [0.4, 0.5) is 0 Å². The van der Waals surface area contributed by atoms with Gasteiger partial charge in [0, 0.05) is 40.5 Å². The third kappa shape index (κ3) is 4.51. The lowest BCUT2D eigenvalue weighted by molar-refractivity contribution is -0.142. The number of nitrogens with one attached hydrogen (secondary N) is 2. The van der Waals surface area contributed by atoms with Crippen molar-refractivity contribution >= 4 is 33.7 Å². The number of aliphatic carboxylic acids is 1. The normalized spacial score (nSPS) is 14.9. The average Bonchev–Trinajstić information content (AvgIpc) is 3.26. The van der Waals surface area contributed by atoms with Gasteiger partial charge in [-0.1, -0.05) is 18.2 Å². The largest absolute Gasteiger partial charge is 0.481 e. The number of amides is 1. The number of carboxylic acids is 1. The molecule has 8 heteroatoms. The highest BCUT2D eigenvalue weighted by Crippen LogP contribution is 2.29. The van der Waals surface area contributed by atoms with Crippen molar-refractivity contribution in [2.45, 2.75) is 51.2 Å². The van der Waals surface area contributed by atoms with Crippen LogP contribution in [0.5, 0.6) is 5.75 Å². The monoisotopic (exact) mass is 474 g/mol. The molecule has 35 heavy (non-hydrogen) atoms. The molecular weight excluding hydrogens is 448 g/mol. The van der Waals surface area contributed by atoms with Crippen LogP contribution in [0.15, 0.2) is 57.9 Å². The summed E-state index contributed by atoms with van der Waals surface area (Å²) < 4.78 is 11.3. The van der Waals surface area contributed by atoms with Crippen LogP contribution in [0.25, 0.3) is 21.9 Å². The lowest BCUT2D eigenvalue weighted by atomic mass is 9.91. The number of H-pyrrole nitrogens is 1. The van der Waals surface area contributed by atoms with E-state index in [-0.39, 0.29) is 12.0 Å². The highest BCUT2D eigenvalue weighted by Gasteiger charge is 2.26. The van der Waals surface area contributed by atoms with E-state index in [9.17, 15) is 19.5 Å². The summed E-state index contributed by atoms with van der Waals surface area (Å²) in [5.74, 6) is -1.32. The molecule has 2 heterocycles. The summed E-state index contributed by atoms with van der Waals surface area (Å²) in [5.41, 5.74) is 3.58. The van der Waals surface area contributed by atoms with Gasteiger partial charge in [-0.2, -0.15) is 0 Å². The van der Waals surface area contributed by atoms with Crippen molar-refractivity contribution in [2.75, 3.05) is 0 Å². The second kappa shape index (κ2) is 9.29. The molecule has 5 rings (SSSR count). The minimum atomic E-state index is -1.13. The summed E-state index contributed by atoms with van der Waals surface area (Å²) >= 11 is 0. The second-order valence-corrected chi connectivity index (χ2v) is 8.93. The Balaban J connectivity index is 1.30. The van der Waals surface area contributed by atoms with E-state index in [0.29, 0.717) is 11.3 Å². The van der Waals surface area contributed by atoms with Gasteiger partial charge in [0.2, 0.25) is 0 Å². The van der Waals surface area contributed by atoms with E-state index in [1.165, 1.54) is 0 Å². The molecule has 1 aliphatic carbocycles. The van der Waals surface area contributed by atoms with E-state index in [4.69, 9.17) is 9.15 Å². The van der Waals surface area contributed by atoms with Crippen molar-refractivity contribution in [3.8, 4) is 5.75 Å². The van der Waals surface area contributed by atoms with Crippen molar-refractivity contribution in [3.05, 3.63) is 75.8 Å². The number of ether oxygens (including phenoxy) is 1. The molecule has 0 spiro atoms. The first kappa shape index (κ1) is 22.7. The summed E-state index contributed by atoms with van der Waals surface area (Å²) in [7, 11) is 0. The summed E-state index contributed by atoms with van der Waals surface area (Å²) in [6.07, 6.45) is 4.51. The average molecular weight is 475 g/mol. The second-order valence-electron chi connectivity index (χ2n) is 8.93. The molecular formula is C27H26N2O6. The summed E-state index contributed by atoms with van der Waals surface area (Å²) in [4.78, 5) is 40.2. The van der Waals surface area contributed by atoms with Gasteiger partial charge in [0.05, 0.1) is 0 Å². The fourth-order valence-electron chi connectivity index (χ4n) is 4.77. The van der Waals surface area contributed by atoms with Crippen LogP contribution >= 0.6 is 0 Å². The molecule has 0 bridgehead atoms. The van der Waals surface area contributed by atoms with E-state index in [0.717, 1.165) is 58.7 Å². The number of benzene rings is 2. The maximum atomic E-state index is 12.8. The lowest BCUT2D eigenvalue weighted by Crippen LogP contribution is -2.47. The number of carbonyl (C=O) groups is 2. The third-order valence-electron chi connectivity index (χ3n) is 6.59. The quantitative estimate of drug-likeness (QED) is 0.351. The summed E-state index contributed by atoms with van der Waals surface area (Å²) in [6, 6.07) is 11.7. The molecule has 0 unspecified atom stereocenters. The van der Waals surface area contributed by atoms with Crippen molar-refractivity contribution in [1.29, 1.82) is 0 Å². The molecule has 0 radical (unpaired) electrons. The van der Waals surface area contributed by atoms with Crippen molar-refractivity contribution in [1.82, 2.24) is 10.3 Å². The molecule has 0 saturated heterocycles. The Labute approximate surface area is 200 Å². The Morgan fingerprint density at radius 2 is 1.89 bits per heavy atom. The molecule has 2 atom stereocenters. The zero-order chi connectivity index (χ0) is 24.5. The maximum absolute atomic E-state index is 12.8. The van der Waals surface area contributed by atoms with Gasteiger partial charge in [-0.25, -0.2) is 9.59 Å². The van der Waals surface area contributed by atoms with E-state index in [2.05, 4.69) is 10.3 Å². The smallest absolute Gasteiger partial charge is 0.339 e. The Morgan fingerprint density at radius 1 is 1.11 bits per heavy atom. The molecule has 0 aliphatic heterocycles. The van der Waals surface area contributed by atoms with Gasteiger partial charge < -0.3 is 24.6 Å².